The number of aryl methyl sites for hydroxylation is 1. The molecule has 0 saturated heterocycles. The van der Waals surface area contributed by atoms with Crippen molar-refractivity contribution in [3.8, 4) is 0 Å². The monoisotopic (exact) mass is 215 g/mol. The van der Waals surface area contributed by atoms with Crippen LogP contribution in [0.1, 0.15) is 18.7 Å². The molecule has 1 fully saturated rings. The second-order valence-corrected chi connectivity index (χ2v) is 5.36. The molecule has 0 amide bonds. The molecule has 0 unspecified atom stereocenters. The maximum Gasteiger partial charge on any atom is 0.219 e. The zero-order valence-corrected chi connectivity index (χ0v) is 8.79. The van der Waals surface area contributed by atoms with Crippen molar-refractivity contribution in [2.75, 3.05) is 0 Å². The summed E-state index contributed by atoms with van der Waals surface area (Å²) < 4.78 is 27.4. The molecule has 0 spiro atoms. The van der Waals surface area contributed by atoms with Crippen LogP contribution in [0.3, 0.4) is 0 Å². The second-order valence-electron chi connectivity index (χ2n) is 3.61. The van der Waals surface area contributed by atoms with Gasteiger partial charge < -0.3 is 4.57 Å². The lowest BCUT2D eigenvalue weighted by molar-refractivity contribution is 0.577. The van der Waals surface area contributed by atoms with Gasteiger partial charge in [0, 0.05) is 25.5 Å². The predicted molar refractivity (Wildman–Crippen MR) is 52.0 cm³/mol. The van der Waals surface area contributed by atoms with E-state index in [-0.39, 0.29) is 11.8 Å². The maximum absolute atomic E-state index is 11.5. The van der Waals surface area contributed by atoms with Crippen LogP contribution in [0.15, 0.2) is 12.4 Å². The van der Waals surface area contributed by atoms with Crippen molar-refractivity contribution in [1.29, 1.82) is 0 Å². The van der Waals surface area contributed by atoms with Gasteiger partial charge in [0.15, 0.2) is 0 Å². The maximum atomic E-state index is 11.5. The summed E-state index contributed by atoms with van der Waals surface area (Å²) in [6.45, 7) is 0. The summed E-state index contributed by atoms with van der Waals surface area (Å²) in [5.74, 6) is 0.533. The number of hydrogen-bond donors (Lipinski definition) is 1. The molecule has 0 bridgehead atoms. The Morgan fingerprint density at radius 1 is 1.64 bits per heavy atom. The zero-order valence-electron chi connectivity index (χ0n) is 7.97. The van der Waals surface area contributed by atoms with Gasteiger partial charge in [-0.05, 0) is 12.8 Å². The van der Waals surface area contributed by atoms with Gasteiger partial charge in [0.05, 0.1) is 0 Å². The normalized spacial score (nSPS) is 17.2. The Hall–Kier alpha value is -0.880. The molecule has 0 aromatic carbocycles. The molecule has 2 rings (SSSR count). The predicted octanol–water partition coefficient (Wildman–Crippen LogP) is 0.00190. The minimum atomic E-state index is -3.20. The Morgan fingerprint density at radius 2 is 2.36 bits per heavy atom. The van der Waals surface area contributed by atoms with Crippen molar-refractivity contribution in [3.63, 3.8) is 0 Å². The van der Waals surface area contributed by atoms with Gasteiger partial charge in [-0.25, -0.2) is 18.1 Å². The van der Waals surface area contributed by atoms with E-state index >= 15 is 0 Å². The average Bonchev–Trinajstić information content (AvgIpc) is 2.77. The summed E-state index contributed by atoms with van der Waals surface area (Å²) >= 11 is 0. The fourth-order valence-electron chi connectivity index (χ4n) is 1.20. The molecular weight excluding hydrogens is 202 g/mol. The highest BCUT2D eigenvalue weighted by Crippen LogP contribution is 2.20. The first-order chi connectivity index (χ1) is 6.57. The standard InChI is InChI=1S/C8H13N3O2S/c1-11-5-4-9-8(11)6-14(12,13)10-7-2-3-7/h4-5,7,10H,2-3,6H2,1H3. The molecule has 14 heavy (non-hydrogen) atoms. The van der Waals surface area contributed by atoms with Gasteiger partial charge in [0.2, 0.25) is 10.0 Å². The Labute approximate surface area is 83.2 Å². The third-order valence-electron chi connectivity index (χ3n) is 2.16. The second kappa shape index (κ2) is 3.36. The molecule has 1 aliphatic carbocycles. The average molecular weight is 215 g/mol. The molecule has 1 heterocycles. The van der Waals surface area contributed by atoms with Crippen molar-refractivity contribution in [3.05, 3.63) is 18.2 Å². The van der Waals surface area contributed by atoms with E-state index in [1.165, 1.54) is 0 Å². The van der Waals surface area contributed by atoms with Gasteiger partial charge in [0.25, 0.3) is 0 Å². The van der Waals surface area contributed by atoms with Crippen LogP contribution in [0, 0.1) is 0 Å². The van der Waals surface area contributed by atoms with Crippen LogP contribution in [-0.2, 0) is 22.8 Å². The van der Waals surface area contributed by atoms with Gasteiger partial charge in [-0.2, -0.15) is 0 Å². The van der Waals surface area contributed by atoms with E-state index in [4.69, 9.17) is 0 Å². The topological polar surface area (TPSA) is 64.0 Å². The SMILES string of the molecule is Cn1ccnc1CS(=O)(=O)NC1CC1. The van der Waals surface area contributed by atoms with Gasteiger partial charge >= 0.3 is 0 Å². The fourth-order valence-corrected chi connectivity index (χ4v) is 2.65. The van der Waals surface area contributed by atoms with E-state index in [9.17, 15) is 8.42 Å². The molecule has 1 saturated carbocycles. The van der Waals surface area contributed by atoms with E-state index in [2.05, 4.69) is 9.71 Å². The highest BCUT2D eigenvalue weighted by Gasteiger charge is 2.27. The molecule has 0 radical (unpaired) electrons. The van der Waals surface area contributed by atoms with Gasteiger partial charge in [-0.3, -0.25) is 0 Å². The number of imidazole rings is 1. The molecule has 6 heteroatoms. The molecule has 78 valence electrons. The van der Waals surface area contributed by atoms with Crippen LogP contribution < -0.4 is 4.72 Å². The first-order valence-electron chi connectivity index (χ1n) is 4.53. The van der Waals surface area contributed by atoms with Gasteiger partial charge in [0.1, 0.15) is 11.6 Å². The fraction of sp³-hybridized carbons (Fsp3) is 0.625. The zero-order chi connectivity index (χ0) is 10.2. The molecular formula is C8H13N3O2S. The number of aromatic nitrogens is 2. The van der Waals surface area contributed by atoms with Gasteiger partial charge in [-0.1, -0.05) is 0 Å². The first kappa shape index (κ1) is 9.67. The van der Waals surface area contributed by atoms with E-state index in [1.54, 1.807) is 24.0 Å². The summed E-state index contributed by atoms with van der Waals surface area (Å²) in [5, 5.41) is 0. The van der Waals surface area contributed by atoms with E-state index < -0.39 is 10.0 Å². The van der Waals surface area contributed by atoms with Crippen LogP contribution in [0.2, 0.25) is 0 Å². The third-order valence-corrected chi connectivity index (χ3v) is 3.49. The minimum Gasteiger partial charge on any atom is -0.337 e. The quantitative estimate of drug-likeness (QED) is 0.769. The summed E-state index contributed by atoms with van der Waals surface area (Å²) in [6, 6.07) is 0.167. The highest BCUT2D eigenvalue weighted by atomic mass is 32.2. The van der Waals surface area contributed by atoms with E-state index in [0.29, 0.717) is 5.82 Å². The third kappa shape index (κ3) is 2.33. The molecule has 5 nitrogen and oxygen atoms in total. The van der Waals surface area contributed by atoms with Crippen LogP contribution in [0.25, 0.3) is 0 Å². The van der Waals surface area contributed by atoms with Crippen LogP contribution in [0.5, 0.6) is 0 Å². The Morgan fingerprint density at radius 3 is 2.86 bits per heavy atom. The Kier molecular flexibility index (Phi) is 2.32. The smallest absolute Gasteiger partial charge is 0.219 e. The minimum absolute atomic E-state index is 0.0347. The molecule has 1 N–H and O–H groups in total. The van der Waals surface area contributed by atoms with Crippen LogP contribution >= 0.6 is 0 Å². The summed E-state index contributed by atoms with van der Waals surface area (Å²) in [7, 11) is -1.41. The van der Waals surface area contributed by atoms with Crippen molar-refractivity contribution in [1.82, 2.24) is 14.3 Å². The van der Waals surface area contributed by atoms with E-state index in [1.807, 2.05) is 0 Å². The molecule has 1 aromatic heterocycles. The number of nitrogens with zero attached hydrogens (tertiary/aromatic N) is 2. The van der Waals surface area contributed by atoms with Crippen LogP contribution in [0.4, 0.5) is 0 Å². The molecule has 1 aromatic rings. The lowest BCUT2D eigenvalue weighted by Crippen LogP contribution is -2.28. The largest absolute Gasteiger partial charge is 0.337 e. The number of sulfonamides is 1. The molecule has 0 atom stereocenters. The van der Waals surface area contributed by atoms with Crippen LogP contribution in [-0.4, -0.2) is 24.0 Å². The lowest BCUT2D eigenvalue weighted by atomic mass is 10.7. The van der Waals surface area contributed by atoms with Crippen molar-refractivity contribution >= 4 is 10.0 Å². The summed E-state index contributed by atoms with van der Waals surface area (Å²) in [5.41, 5.74) is 0. The Bertz CT molecular complexity index is 420. The van der Waals surface area contributed by atoms with Gasteiger partial charge in [-0.15, -0.1) is 0 Å². The first-order valence-corrected chi connectivity index (χ1v) is 6.18. The summed E-state index contributed by atoms with van der Waals surface area (Å²) in [4.78, 5) is 3.97. The Balaban J connectivity index is 2.05. The summed E-state index contributed by atoms with van der Waals surface area (Å²) in [6.07, 6.45) is 5.25. The molecule has 0 aliphatic heterocycles. The van der Waals surface area contributed by atoms with Crippen molar-refractivity contribution < 1.29 is 8.42 Å². The number of rotatable bonds is 4. The van der Waals surface area contributed by atoms with Crippen molar-refractivity contribution in [2.45, 2.75) is 24.6 Å². The number of hydrogen-bond acceptors (Lipinski definition) is 3. The van der Waals surface area contributed by atoms with E-state index in [0.717, 1.165) is 12.8 Å². The van der Waals surface area contributed by atoms with Crippen molar-refractivity contribution in [2.24, 2.45) is 7.05 Å². The number of nitrogens with one attached hydrogen (secondary N) is 1. The lowest BCUT2D eigenvalue weighted by Gasteiger charge is -2.04. The molecule has 1 aliphatic rings. The highest BCUT2D eigenvalue weighted by molar-refractivity contribution is 7.88.